The van der Waals surface area contributed by atoms with Gasteiger partial charge in [-0.1, -0.05) is 0 Å². The van der Waals surface area contributed by atoms with Crippen molar-refractivity contribution in [3.05, 3.63) is 60.2 Å². The summed E-state index contributed by atoms with van der Waals surface area (Å²) < 4.78 is 42.4. The Morgan fingerprint density at radius 3 is 2.74 bits per heavy atom. The van der Waals surface area contributed by atoms with Crippen molar-refractivity contribution in [3.8, 4) is 5.69 Å². The molecule has 0 radical (unpaired) electrons. The molecule has 0 saturated heterocycles. The van der Waals surface area contributed by atoms with Gasteiger partial charge in [0.1, 0.15) is 0 Å². The monoisotopic (exact) mass is 375 g/mol. The predicted molar refractivity (Wildman–Crippen MR) is 91.3 cm³/mol. The van der Waals surface area contributed by atoms with Crippen molar-refractivity contribution in [1.29, 1.82) is 0 Å². The second-order valence-electron chi connectivity index (χ2n) is 6.57. The van der Waals surface area contributed by atoms with Crippen LogP contribution >= 0.6 is 0 Å². The van der Waals surface area contributed by atoms with Crippen molar-refractivity contribution in [3.63, 3.8) is 0 Å². The fourth-order valence-corrected chi connectivity index (χ4v) is 3.13. The SMILES string of the molecule is Cn1cc([C@@H]2C[C@H]2C(=O)Nc2cc(C(F)(F)F)ccc2-n2cccn2)cn1. The zero-order valence-corrected chi connectivity index (χ0v) is 14.3. The van der Waals surface area contributed by atoms with Crippen LogP contribution in [0, 0.1) is 5.92 Å². The number of hydrogen-bond donors (Lipinski definition) is 1. The Morgan fingerprint density at radius 2 is 2.11 bits per heavy atom. The molecule has 1 saturated carbocycles. The quantitative estimate of drug-likeness (QED) is 0.761. The molecule has 2 aromatic heterocycles. The summed E-state index contributed by atoms with van der Waals surface area (Å²) in [5.74, 6) is -0.552. The van der Waals surface area contributed by atoms with Crippen molar-refractivity contribution in [2.24, 2.45) is 13.0 Å². The number of halogens is 3. The standard InChI is InChI=1S/C18H16F3N5O/c1-25-10-11(9-23-25)13-8-14(13)17(27)24-15-7-12(18(19,20)21)3-4-16(15)26-6-2-5-22-26/h2-7,9-10,13-14H,8H2,1H3,(H,24,27)/t13-,14+/m0/s1. The zero-order valence-electron chi connectivity index (χ0n) is 14.3. The molecule has 140 valence electrons. The Labute approximate surface area is 152 Å². The van der Waals surface area contributed by atoms with Crippen LogP contribution < -0.4 is 5.32 Å². The topological polar surface area (TPSA) is 64.7 Å². The second kappa shape index (κ2) is 6.26. The molecule has 6 nitrogen and oxygen atoms in total. The summed E-state index contributed by atoms with van der Waals surface area (Å²) in [4.78, 5) is 12.6. The third kappa shape index (κ3) is 3.44. The van der Waals surface area contributed by atoms with Crippen molar-refractivity contribution >= 4 is 11.6 Å². The highest BCUT2D eigenvalue weighted by atomic mass is 19.4. The Morgan fingerprint density at radius 1 is 1.30 bits per heavy atom. The highest BCUT2D eigenvalue weighted by Crippen LogP contribution is 2.48. The van der Waals surface area contributed by atoms with Crippen molar-refractivity contribution < 1.29 is 18.0 Å². The molecule has 2 heterocycles. The Balaban J connectivity index is 1.59. The zero-order chi connectivity index (χ0) is 19.2. The third-order valence-corrected chi connectivity index (χ3v) is 4.61. The lowest BCUT2D eigenvalue weighted by molar-refractivity contribution is -0.137. The number of alkyl halides is 3. The van der Waals surface area contributed by atoms with Crippen LogP contribution in [0.2, 0.25) is 0 Å². The van der Waals surface area contributed by atoms with E-state index in [4.69, 9.17) is 0 Å². The van der Waals surface area contributed by atoms with Crippen LogP contribution in [0.25, 0.3) is 5.69 Å². The third-order valence-electron chi connectivity index (χ3n) is 4.61. The molecule has 1 aliphatic rings. The molecule has 1 amide bonds. The molecular formula is C18H16F3N5O. The molecule has 1 aliphatic carbocycles. The van der Waals surface area contributed by atoms with E-state index in [1.165, 1.54) is 16.9 Å². The predicted octanol–water partition coefficient (Wildman–Crippen LogP) is 3.37. The number of nitrogens with zero attached hydrogens (tertiary/aromatic N) is 4. The van der Waals surface area contributed by atoms with Gasteiger partial charge in [0.05, 0.1) is 23.1 Å². The number of aryl methyl sites for hydroxylation is 1. The maximum absolute atomic E-state index is 13.1. The van der Waals surface area contributed by atoms with Gasteiger partial charge in [-0.3, -0.25) is 9.48 Å². The van der Waals surface area contributed by atoms with Gasteiger partial charge in [-0.05, 0) is 42.2 Å². The summed E-state index contributed by atoms with van der Waals surface area (Å²) in [7, 11) is 1.79. The summed E-state index contributed by atoms with van der Waals surface area (Å²) in [6.45, 7) is 0. The van der Waals surface area contributed by atoms with E-state index < -0.39 is 11.7 Å². The first kappa shape index (κ1) is 17.3. The van der Waals surface area contributed by atoms with Gasteiger partial charge in [0, 0.05) is 31.6 Å². The van der Waals surface area contributed by atoms with E-state index >= 15 is 0 Å². The van der Waals surface area contributed by atoms with Crippen LogP contribution in [0.1, 0.15) is 23.5 Å². The first-order valence-electron chi connectivity index (χ1n) is 8.33. The largest absolute Gasteiger partial charge is 0.416 e. The van der Waals surface area contributed by atoms with Gasteiger partial charge in [-0.15, -0.1) is 0 Å². The highest BCUT2D eigenvalue weighted by molar-refractivity contribution is 5.97. The van der Waals surface area contributed by atoms with Crippen molar-refractivity contribution in [1.82, 2.24) is 19.6 Å². The second-order valence-corrected chi connectivity index (χ2v) is 6.57. The maximum Gasteiger partial charge on any atom is 0.416 e. The molecule has 0 aliphatic heterocycles. The van der Waals surface area contributed by atoms with Gasteiger partial charge >= 0.3 is 6.18 Å². The maximum atomic E-state index is 13.1. The van der Waals surface area contributed by atoms with Crippen LogP contribution in [-0.2, 0) is 18.0 Å². The summed E-state index contributed by atoms with van der Waals surface area (Å²) in [5.41, 5.74) is 0.581. The molecule has 0 unspecified atom stereocenters. The van der Waals surface area contributed by atoms with Gasteiger partial charge in [-0.25, -0.2) is 4.68 Å². The molecule has 0 bridgehead atoms. The smallest absolute Gasteiger partial charge is 0.324 e. The van der Waals surface area contributed by atoms with E-state index in [0.29, 0.717) is 12.1 Å². The van der Waals surface area contributed by atoms with E-state index in [1.807, 2.05) is 6.20 Å². The van der Waals surface area contributed by atoms with Crippen molar-refractivity contribution in [2.75, 3.05) is 5.32 Å². The van der Waals surface area contributed by atoms with E-state index in [1.54, 1.807) is 30.2 Å². The average Bonchev–Trinajstić information content (AvgIpc) is 3.00. The number of carbonyl (C=O) groups is 1. The van der Waals surface area contributed by atoms with Crippen LogP contribution in [0.3, 0.4) is 0 Å². The molecule has 2 atom stereocenters. The lowest BCUT2D eigenvalue weighted by Crippen LogP contribution is -2.17. The molecule has 27 heavy (non-hydrogen) atoms. The molecule has 1 aromatic carbocycles. The van der Waals surface area contributed by atoms with E-state index in [0.717, 1.165) is 17.7 Å². The number of rotatable bonds is 4. The first-order valence-corrected chi connectivity index (χ1v) is 8.33. The van der Waals surface area contributed by atoms with Crippen LogP contribution in [0.5, 0.6) is 0 Å². The lowest BCUT2D eigenvalue weighted by Gasteiger charge is -2.14. The fraction of sp³-hybridized carbons (Fsp3) is 0.278. The molecule has 4 rings (SSSR count). The minimum absolute atomic E-state index is 0.0395. The minimum atomic E-state index is -4.50. The van der Waals surface area contributed by atoms with E-state index in [9.17, 15) is 18.0 Å². The molecule has 3 aromatic rings. The van der Waals surface area contributed by atoms with Crippen molar-refractivity contribution in [2.45, 2.75) is 18.5 Å². The van der Waals surface area contributed by atoms with Crippen LogP contribution in [0.15, 0.2) is 49.1 Å². The number of hydrogen-bond acceptors (Lipinski definition) is 3. The van der Waals surface area contributed by atoms with Gasteiger partial charge in [0.2, 0.25) is 5.91 Å². The number of benzene rings is 1. The van der Waals surface area contributed by atoms with Gasteiger partial charge in [-0.2, -0.15) is 23.4 Å². The average molecular weight is 375 g/mol. The number of aromatic nitrogens is 4. The van der Waals surface area contributed by atoms with Gasteiger partial charge < -0.3 is 5.32 Å². The van der Waals surface area contributed by atoms with Crippen LogP contribution in [0.4, 0.5) is 18.9 Å². The summed E-state index contributed by atoms with van der Waals surface area (Å²) in [6.07, 6.45) is 2.82. The van der Waals surface area contributed by atoms with Gasteiger partial charge in [0.15, 0.2) is 0 Å². The lowest BCUT2D eigenvalue weighted by atomic mass is 10.1. The number of amides is 1. The Hall–Kier alpha value is -3.10. The van der Waals surface area contributed by atoms with Gasteiger partial charge in [0.25, 0.3) is 0 Å². The molecule has 1 fully saturated rings. The molecule has 9 heteroatoms. The summed E-state index contributed by atoms with van der Waals surface area (Å²) >= 11 is 0. The summed E-state index contributed by atoms with van der Waals surface area (Å²) in [6, 6.07) is 4.87. The number of carbonyl (C=O) groups excluding carboxylic acids is 1. The minimum Gasteiger partial charge on any atom is -0.324 e. The highest BCUT2D eigenvalue weighted by Gasteiger charge is 2.45. The first-order chi connectivity index (χ1) is 12.8. The van der Waals surface area contributed by atoms with E-state index in [-0.39, 0.29) is 23.4 Å². The Bertz CT molecular complexity index is 977. The normalized spacial score (nSPS) is 19.1. The molecular weight excluding hydrogens is 359 g/mol. The number of nitrogens with one attached hydrogen (secondary N) is 1. The van der Waals surface area contributed by atoms with Crippen LogP contribution in [-0.4, -0.2) is 25.5 Å². The summed E-state index contributed by atoms with van der Waals surface area (Å²) in [5, 5.41) is 10.8. The number of anilines is 1. The Kier molecular flexibility index (Phi) is 4.01. The molecule has 1 N–H and O–H groups in total. The fourth-order valence-electron chi connectivity index (χ4n) is 3.13. The molecule has 0 spiro atoms. The van der Waals surface area contributed by atoms with E-state index in [2.05, 4.69) is 15.5 Å².